The van der Waals surface area contributed by atoms with E-state index in [2.05, 4.69) is 25.2 Å². The van der Waals surface area contributed by atoms with Crippen LogP contribution in [0.5, 0.6) is 17.2 Å². The van der Waals surface area contributed by atoms with Crippen LogP contribution in [-0.2, 0) is 7.05 Å². The average Bonchev–Trinajstić information content (AvgIpc) is 3.63. The lowest BCUT2D eigenvalue weighted by Crippen LogP contribution is -2.33. The average molecular weight is 481 g/mol. The number of hydrogen-bond acceptors (Lipinski definition) is 10. The van der Waals surface area contributed by atoms with E-state index < -0.39 is 0 Å². The van der Waals surface area contributed by atoms with Gasteiger partial charge in [0.15, 0.2) is 28.8 Å². The number of hydrogen-bond donors (Lipinski definition) is 2. The fourth-order valence-electron chi connectivity index (χ4n) is 4.46. The van der Waals surface area contributed by atoms with Crippen LogP contribution in [0.2, 0.25) is 0 Å². The van der Waals surface area contributed by atoms with Crippen molar-refractivity contribution in [2.24, 2.45) is 7.05 Å². The number of aliphatic hydroxyl groups excluding tert-OH is 1. The third-order valence-corrected chi connectivity index (χ3v) is 6.18. The summed E-state index contributed by atoms with van der Waals surface area (Å²) in [5.41, 5.74) is 2.19. The van der Waals surface area contributed by atoms with Crippen molar-refractivity contribution in [3.63, 3.8) is 0 Å². The summed E-state index contributed by atoms with van der Waals surface area (Å²) in [6, 6.07) is 3.70. The molecule has 2 N–H and O–H groups in total. The van der Waals surface area contributed by atoms with Crippen molar-refractivity contribution in [1.29, 1.82) is 0 Å². The topological polar surface area (TPSA) is 125 Å². The second kappa shape index (κ2) is 9.29. The van der Waals surface area contributed by atoms with E-state index in [4.69, 9.17) is 19.2 Å². The standard InChI is InChI=1S/C23H28N8O4/c1-29-12-25-21-19(29)22(31-7-5-6-14(31)11-32)28-23(27-21)26-18-10-30(13-24-18)15-8-16(33-2)20(35-4)17(9-15)34-3/h8-10,12-14,32H,5-7,11H2,1-4H3,(H,26,27,28)/t14-/m0/s1. The molecule has 3 aromatic heterocycles. The van der Waals surface area contributed by atoms with Gasteiger partial charge in [0, 0.05) is 25.7 Å². The predicted molar refractivity (Wildman–Crippen MR) is 130 cm³/mol. The molecule has 1 fully saturated rings. The molecule has 0 aliphatic carbocycles. The molecule has 1 aromatic carbocycles. The molecule has 1 aliphatic heterocycles. The van der Waals surface area contributed by atoms with Crippen molar-refractivity contribution in [3.8, 4) is 22.9 Å². The predicted octanol–water partition coefficient (Wildman–Crippen LogP) is 2.28. The largest absolute Gasteiger partial charge is 0.493 e. The van der Waals surface area contributed by atoms with Crippen LogP contribution in [0.3, 0.4) is 0 Å². The van der Waals surface area contributed by atoms with Crippen LogP contribution in [0.4, 0.5) is 17.6 Å². The first-order chi connectivity index (χ1) is 17.1. The number of aliphatic hydroxyl groups is 1. The first kappa shape index (κ1) is 22.7. The summed E-state index contributed by atoms with van der Waals surface area (Å²) >= 11 is 0. The van der Waals surface area contributed by atoms with Gasteiger partial charge in [-0.05, 0) is 12.8 Å². The second-order valence-corrected chi connectivity index (χ2v) is 8.25. The van der Waals surface area contributed by atoms with E-state index in [9.17, 15) is 5.11 Å². The smallest absolute Gasteiger partial charge is 0.232 e. The van der Waals surface area contributed by atoms with E-state index in [1.165, 1.54) is 0 Å². The van der Waals surface area contributed by atoms with E-state index in [1.807, 2.05) is 34.5 Å². The quantitative estimate of drug-likeness (QED) is 0.388. The summed E-state index contributed by atoms with van der Waals surface area (Å²) in [4.78, 5) is 20.4. The molecule has 0 saturated carbocycles. The van der Waals surface area contributed by atoms with Gasteiger partial charge in [-0.3, -0.25) is 0 Å². The summed E-state index contributed by atoms with van der Waals surface area (Å²) in [5, 5.41) is 13.0. The molecule has 0 bridgehead atoms. The Morgan fingerprint density at radius 3 is 2.51 bits per heavy atom. The minimum Gasteiger partial charge on any atom is -0.493 e. The van der Waals surface area contributed by atoms with Crippen molar-refractivity contribution in [3.05, 3.63) is 31.0 Å². The number of nitrogens with zero attached hydrogens (tertiary/aromatic N) is 7. The number of fused-ring (bicyclic) bond motifs is 1. The molecule has 0 spiro atoms. The van der Waals surface area contributed by atoms with Crippen LogP contribution >= 0.6 is 0 Å². The molecule has 0 amide bonds. The first-order valence-electron chi connectivity index (χ1n) is 11.2. The Kier molecular flexibility index (Phi) is 6.03. The number of nitrogens with one attached hydrogen (secondary N) is 1. The Balaban J connectivity index is 1.48. The Bertz CT molecular complexity index is 1330. The number of rotatable bonds is 8. The second-order valence-electron chi connectivity index (χ2n) is 8.25. The summed E-state index contributed by atoms with van der Waals surface area (Å²) in [6.07, 6.45) is 7.12. The molecule has 0 unspecified atom stereocenters. The van der Waals surface area contributed by atoms with Gasteiger partial charge in [-0.15, -0.1) is 0 Å². The maximum absolute atomic E-state index is 9.85. The number of imidazole rings is 2. The highest BCUT2D eigenvalue weighted by molar-refractivity contribution is 5.85. The molecule has 1 saturated heterocycles. The number of ether oxygens (including phenoxy) is 3. The summed E-state index contributed by atoms with van der Waals surface area (Å²) in [5.74, 6) is 3.29. The normalized spacial score (nSPS) is 15.6. The summed E-state index contributed by atoms with van der Waals surface area (Å²) < 4.78 is 20.1. The molecular weight excluding hydrogens is 452 g/mol. The summed E-state index contributed by atoms with van der Waals surface area (Å²) in [7, 11) is 6.63. The van der Waals surface area contributed by atoms with E-state index in [0.717, 1.165) is 36.4 Å². The van der Waals surface area contributed by atoms with Gasteiger partial charge in [-0.2, -0.15) is 9.97 Å². The Morgan fingerprint density at radius 2 is 1.83 bits per heavy atom. The van der Waals surface area contributed by atoms with Crippen molar-refractivity contribution in [2.45, 2.75) is 18.9 Å². The molecule has 12 heteroatoms. The zero-order valence-corrected chi connectivity index (χ0v) is 20.1. The van der Waals surface area contributed by atoms with E-state index >= 15 is 0 Å². The van der Waals surface area contributed by atoms with Gasteiger partial charge in [0.05, 0.1) is 52.2 Å². The summed E-state index contributed by atoms with van der Waals surface area (Å²) in [6.45, 7) is 0.892. The first-order valence-corrected chi connectivity index (χ1v) is 11.2. The Morgan fingerprint density at radius 1 is 1.06 bits per heavy atom. The highest BCUT2D eigenvalue weighted by atomic mass is 16.5. The van der Waals surface area contributed by atoms with Crippen LogP contribution < -0.4 is 24.4 Å². The molecule has 12 nitrogen and oxygen atoms in total. The molecule has 4 heterocycles. The van der Waals surface area contributed by atoms with Crippen LogP contribution in [-0.4, -0.2) is 74.7 Å². The van der Waals surface area contributed by atoms with Gasteiger partial charge in [0.25, 0.3) is 0 Å². The molecule has 0 radical (unpaired) electrons. The SMILES string of the molecule is COc1cc(-n2cnc(Nc3nc(N4CCC[C@H]4CO)c4c(ncn4C)n3)c2)cc(OC)c1OC. The van der Waals surface area contributed by atoms with Gasteiger partial charge in [-0.1, -0.05) is 0 Å². The van der Waals surface area contributed by atoms with E-state index in [1.54, 1.807) is 34.0 Å². The number of aromatic nitrogens is 6. The van der Waals surface area contributed by atoms with E-state index in [-0.39, 0.29) is 12.6 Å². The molecule has 1 aliphatic rings. The van der Waals surface area contributed by atoms with Crippen LogP contribution in [0, 0.1) is 0 Å². The molecule has 1 atom stereocenters. The monoisotopic (exact) mass is 480 g/mol. The molecule has 5 rings (SSSR count). The lowest BCUT2D eigenvalue weighted by molar-refractivity contribution is 0.266. The lowest BCUT2D eigenvalue weighted by Gasteiger charge is -2.25. The number of benzene rings is 1. The van der Waals surface area contributed by atoms with Crippen molar-refractivity contribution in [1.82, 2.24) is 29.1 Å². The minimum absolute atomic E-state index is 0.0232. The third kappa shape index (κ3) is 4.05. The van der Waals surface area contributed by atoms with Crippen molar-refractivity contribution < 1.29 is 19.3 Å². The Labute approximate surface area is 202 Å². The highest BCUT2D eigenvalue weighted by Gasteiger charge is 2.28. The molecule has 184 valence electrons. The van der Waals surface area contributed by atoms with Gasteiger partial charge in [0.2, 0.25) is 11.7 Å². The van der Waals surface area contributed by atoms with Crippen molar-refractivity contribution >= 4 is 28.7 Å². The van der Waals surface area contributed by atoms with Crippen LogP contribution in [0.25, 0.3) is 16.9 Å². The molecule has 4 aromatic rings. The fraction of sp³-hybridized carbons (Fsp3) is 0.391. The fourth-order valence-corrected chi connectivity index (χ4v) is 4.46. The van der Waals surface area contributed by atoms with Gasteiger partial charge in [-0.25, -0.2) is 9.97 Å². The zero-order valence-electron chi connectivity index (χ0n) is 20.1. The number of methoxy groups -OCH3 is 3. The molecular formula is C23H28N8O4. The molecule has 35 heavy (non-hydrogen) atoms. The van der Waals surface area contributed by atoms with E-state index in [0.29, 0.717) is 34.7 Å². The Hall–Kier alpha value is -4.06. The highest BCUT2D eigenvalue weighted by Crippen LogP contribution is 2.39. The minimum atomic E-state index is 0.0232. The third-order valence-electron chi connectivity index (χ3n) is 6.18. The lowest BCUT2D eigenvalue weighted by atomic mass is 10.2. The zero-order chi connectivity index (χ0) is 24.5. The van der Waals surface area contributed by atoms with Crippen LogP contribution in [0.15, 0.2) is 31.0 Å². The van der Waals surface area contributed by atoms with Crippen LogP contribution in [0.1, 0.15) is 12.8 Å². The maximum Gasteiger partial charge on any atom is 0.232 e. The number of aryl methyl sites for hydroxylation is 1. The van der Waals surface area contributed by atoms with Gasteiger partial charge in [0.1, 0.15) is 11.8 Å². The maximum atomic E-state index is 9.85. The van der Waals surface area contributed by atoms with Crippen molar-refractivity contribution in [2.75, 3.05) is 44.7 Å². The number of anilines is 3. The van der Waals surface area contributed by atoms with Gasteiger partial charge < -0.3 is 38.7 Å². The van der Waals surface area contributed by atoms with Gasteiger partial charge >= 0.3 is 0 Å².